The number of ether oxygens (including phenoxy) is 1. The Morgan fingerprint density at radius 3 is 2.89 bits per heavy atom. The van der Waals surface area contributed by atoms with Gasteiger partial charge in [0, 0.05) is 13.1 Å². The summed E-state index contributed by atoms with van der Waals surface area (Å²) in [5.41, 5.74) is 0.475. The van der Waals surface area contributed by atoms with Crippen LogP contribution in [-0.2, 0) is 9.84 Å². The molecule has 1 aliphatic heterocycles. The molecule has 4 nitrogen and oxygen atoms in total. The minimum atomic E-state index is -3.19. The molecule has 1 heterocycles. The molecule has 18 heavy (non-hydrogen) atoms. The molecule has 1 unspecified atom stereocenters. The van der Waals surface area contributed by atoms with Gasteiger partial charge in [-0.2, -0.15) is 0 Å². The van der Waals surface area contributed by atoms with Crippen LogP contribution >= 0.6 is 0 Å². The molecule has 1 aliphatic rings. The Balaban J connectivity index is 2.31. The average molecular weight is 273 g/mol. The molecule has 1 saturated heterocycles. The molecular weight excluding hydrogens is 257 g/mol. The molecule has 0 bridgehead atoms. The minimum absolute atomic E-state index is 0.0898. The van der Waals surface area contributed by atoms with Gasteiger partial charge in [0.15, 0.2) is 21.4 Å². The van der Waals surface area contributed by atoms with E-state index in [0.29, 0.717) is 25.3 Å². The summed E-state index contributed by atoms with van der Waals surface area (Å²) >= 11 is 0. The maximum atomic E-state index is 13.7. The number of sulfone groups is 1. The Labute approximate surface area is 106 Å². The first-order valence-electron chi connectivity index (χ1n) is 5.89. The van der Waals surface area contributed by atoms with Crippen molar-refractivity contribution in [3.8, 4) is 5.75 Å². The molecule has 1 N–H and O–H groups in total. The van der Waals surface area contributed by atoms with Gasteiger partial charge < -0.3 is 10.1 Å². The number of hydrogen-bond acceptors (Lipinski definition) is 4. The second-order valence-corrected chi connectivity index (χ2v) is 6.49. The van der Waals surface area contributed by atoms with Gasteiger partial charge in [0.2, 0.25) is 0 Å². The number of nitrogens with one attached hydrogen (secondary N) is 1. The van der Waals surface area contributed by atoms with Crippen molar-refractivity contribution in [2.24, 2.45) is 0 Å². The van der Waals surface area contributed by atoms with Gasteiger partial charge in [0.25, 0.3) is 0 Å². The van der Waals surface area contributed by atoms with Gasteiger partial charge in [-0.1, -0.05) is 6.07 Å². The Hall–Kier alpha value is -1.14. The third-order valence-electron chi connectivity index (χ3n) is 2.95. The van der Waals surface area contributed by atoms with E-state index in [1.165, 1.54) is 12.1 Å². The summed E-state index contributed by atoms with van der Waals surface area (Å²) in [5.74, 6) is -0.274. The molecule has 0 saturated carbocycles. The van der Waals surface area contributed by atoms with Crippen molar-refractivity contribution < 1.29 is 17.5 Å². The summed E-state index contributed by atoms with van der Waals surface area (Å²) in [7, 11) is -3.19. The van der Waals surface area contributed by atoms with Crippen molar-refractivity contribution in [3.05, 3.63) is 29.6 Å². The summed E-state index contributed by atoms with van der Waals surface area (Å²) in [4.78, 5) is 0. The largest absolute Gasteiger partial charge is 0.491 e. The predicted molar refractivity (Wildman–Crippen MR) is 67.0 cm³/mol. The van der Waals surface area contributed by atoms with Gasteiger partial charge in [-0.15, -0.1) is 0 Å². The van der Waals surface area contributed by atoms with Crippen LogP contribution in [0.2, 0.25) is 0 Å². The van der Waals surface area contributed by atoms with E-state index in [1.807, 2.05) is 0 Å². The molecule has 1 aromatic rings. The maximum Gasteiger partial charge on any atom is 0.165 e. The molecular formula is C12H16FNO3S. The highest BCUT2D eigenvalue weighted by atomic mass is 32.2. The number of benzene rings is 1. The first kappa shape index (κ1) is 13.3. The lowest BCUT2D eigenvalue weighted by atomic mass is 10.1. The zero-order chi connectivity index (χ0) is 13.2. The lowest BCUT2D eigenvalue weighted by molar-refractivity contribution is 0.321. The summed E-state index contributed by atoms with van der Waals surface area (Å²) in [6.45, 7) is 2.93. The van der Waals surface area contributed by atoms with E-state index in [1.54, 1.807) is 13.0 Å². The van der Waals surface area contributed by atoms with Gasteiger partial charge in [0.1, 0.15) is 0 Å². The highest BCUT2D eigenvalue weighted by Crippen LogP contribution is 2.28. The standard InChI is InChI=1S/C12H16FNO3S/c1-2-17-11-4-3-9(7-10(11)13)12-8-14-5-6-18(12,15)16/h3-4,7,12,14H,2,5-6,8H2,1H3. The van der Waals surface area contributed by atoms with Crippen LogP contribution in [0.1, 0.15) is 17.7 Å². The number of hydrogen-bond donors (Lipinski definition) is 1. The smallest absolute Gasteiger partial charge is 0.165 e. The van der Waals surface area contributed by atoms with Crippen molar-refractivity contribution in [3.63, 3.8) is 0 Å². The molecule has 2 rings (SSSR count). The normalized spacial score (nSPS) is 22.7. The second kappa shape index (κ2) is 5.24. The van der Waals surface area contributed by atoms with Crippen LogP contribution in [0.5, 0.6) is 5.75 Å². The van der Waals surface area contributed by atoms with E-state index in [2.05, 4.69) is 5.32 Å². The van der Waals surface area contributed by atoms with E-state index in [0.717, 1.165) is 0 Å². The second-order valence-electron chi connectivity index (χ2n) is 4.18. The maximum absolute atomic E-state index is 13.7. The van der Waals surface area contributed by atoms with E-state index in [4.69, 9.17) is 4.74 Å². The lowest BCUT2D eigenvalue weighted by Gasteiger charge is -2.23. The summed E-state index contributed by atoms with van der Waals surface area (Å²) < 4.78 is 42.6. The first-order chi connectivity index (χ1) is 8.54. The van der Waals surface area contributed by atoms with Crippen molar-refractivity contribution in [2.45, 2.75) is 12.2 Å². The fraction of sp³-hybridized carbons (Fsp3) is 0.500. The highest BCUT2D eigenvalue weighted by Gasteiger charge is 2.30. The predicted octanol–water partition coefficient (Wildman–Crippen LogP) is 1.28. The average Bonchev–Trinajstić information content (AvgIpc) is 2.31. The molecule has 0 aliphatic carbocycles. The topological polar surface area (TPSA) is 55.4 Å². The van der Waals surface area contributed by atoms with Gasteiger partial charge >= 0.3 is 0 Å². The fourth-order valence-corrected chi connectivity index (χ4v) is 3.68. The Morgan fingerprint density at radius 2 is 2.28 bits per heavy atom. The SMILES string of the molecule is CCOc1ccc(C2CNCCS2(=O)=O)cc1F. The van der Waals surface area contributed by atoms with Gasteiger partial charge in [-0.25, -0.2) is 12.8 Å². The molecule has 1 fully saturated rings. The van der Waals surface area contributed by atoms with Crippen LogP contribution in [0, 0.1) is 5.82 Å². The molecule has 0 amide bonds. The Morgan fingerprint density at radius 1 is 1.50 bits per heavy atom. The Kier molecular flexibility index (Phi) is 3.87. The highest BCUT2D eigenvalue weighted by molar-refractivity contribution is 7.91. The van der Waals surface area contributed by atoms with Crippen LogP contribution in [-0.4, -0.2) is 33.9 Å². The monoisotopic (exact) mass is 273 g/mol. The minimum Gasteiger partial charge on any atom is -0.491 e. The number of rotatable bonds is 3. The molecule has 0 radical (unpaired) electrons. The zero-order valence-electron chi connectivity index (χ0n) is 10.1. The third-order valence-corrected chi connectivity index (χ3v) is 5.03. The third kappa shape index (κ3) is 2.64. The first-order valence-corrected chi connectivity index (χ1v) is 7.60. The van der Waals surface area contributed by atoms with Crippen molar-refractivity contribution in [1.29, 1.82) is 0 Å². The van der Waals surface area contributed by atoms with Crippen molar-refractivity contribution >= 4 is 9.84 Å². The van der Waals surface area contributed by atoms with Crippen LogP contribution in [0.15, 0.2) is 18.2 Å². The van der Waals surface area contributed by atoms with Crippen LogP contribution in [0.25, 0.3) is 0 Å². The molecule has 1 atom stereocenters. The van der Waals surface area contributed by atoms with Crippen LogP contribution in [0.3, 0.4) is 0 Å². The summed E-state index contributed by atoms with van der Waals surface area (Å²) in [6.07, 6.45) is 0. The van der Waals surface area contributed by atoms with Crippen LogP contribution in [0.4, 0.5) is 4.39 Å². The van der Waals surface area contributed by atoms with Crippen molar-refractivity contribution in [2.75, 3.05) is 25.4 Å². The van der Waals surface area contributed by atoms with Gasteiger partial charge in [-0.05, 0) is 24.6 Å². The van der Waals surface area contributed by atoms with Crippen molar-refractivity contribution in [1.82, 2.24) is 5.32 Å². The molecule has 100 valence electrons. The van der Waals surface area contributed by atoms with Gasteiger partial charge in [0.05, 0.1) is 17.6 Å². The van der Waals surface area contributed by atoms with E-state index >= 15 is 0 Å². The van der Waals surface area contributed by atoms with E-state index < -0.39 is 20.9 Å². The molecule has 0 spiro atoms. The molecule has 6 heteroatoms. The fourth-order valence-electron chi connectivity index (χ4n) is 2.03. The zero-order valence-corrected chi connectivity index (χ0v) is 11.0. The van der Waals surface area contributed by atoms with Crippen LogP contribution < -0.4 is 10.1 Å². The summed E-state index contributed by atoms with van der Waals surface area (Å²) in [5, 5.41) is 2.35. The quantitative estimate of drug-likeness (QED) is 0.901. The Bertz CT molecular complexity index is 530. The molecule has 0 aromatic heterocycles. The number of halogens is 1. The van der Waals surface area contributed by atoms with E-state index in [9.17, 15) is 12.8 Å². The van der Waals surface area contributed by atoms with E-state index in [-0.39, 0.29) is 11.5 Å². The molecule has 1 aromatic carbocycles. The summed E-state index contributed by atoms with van der Waals surface area (Å²) in [6, 6.07) is 4.35. The lowest BCUT2D eigenvalue weighted by Crippen LogP contribution is -2.38. The van der Waals surface area contributed by atoms with Gasteiger partial charge in [-0.3, -0.25) is 0 Å².